The van der Waals surface area contributed by atoms with Crippen molar-refractivity contribution in [3.8, 4) is 17.6 Å². The van der Waals surface area contributed by atoms with Gasteiger partial charge in [-0.25, -0.2) is 9.18 Å². The van der Waals surface area contributed by atoms with Crippen LogP contribution in [0.15, 0.2) is 60.7 Å². The molecule has 0 bridgehead atoms. The standard InChI is InChI=1S/C34H38FNO4/c1-2-3-6-25-9-11-26(12-10-25)13-14-27-15-17-28(31(35)21-27)23-36(33(38)20-16-24-7-4-5-8-24)29-18-19-32(37)30(22-29)34(39)40/h9-12,15,17-19,21-22,24,33,37-38H,2-8,16,20,23H2,1H3,(H,39,40). The fourth-order valence-corrected chi connectivity index (χ4v) is 5.30. The number of aliphatic hydroxyl groups excluding tert-OH is 1. The summed E-state index contributed by atoms with van der Waals surface area (Å²) >= 11 is 0. The third-order valence-corrected chi connectivity index (χ3v) is 7.73. The molecule has 210 valence electrons. The Morgan fingerprint density at radius 1 is 1.02 bits per heavy atom. The van der Waals surface area contributed by atoms with Gasteiger partial charge in [-0.2, -0.15) is 0 Å². The van der Waals surface area contributed by atoms with Crippen molar-refractivity contribution in [1.29, 1.82) is 0 Å². The minimum absolute atomic E-state index is 0.0361. The summed E-state index contributed by atoms with van der Waals surface area (Å²) in [5.74, 6) is 4.60. The molecule has 1 atom stereocenters. The zero-order valence-electron chi connectivity index (χ0n) is 23.1. The van der Waals surface area contributed by atoms with Crippen LogP contribution in [0.2, 0.25) is 0 Å². The summed E-state index contributed by atoms with van der Waals surface area (Å²) in [6.07, 6.45) is 8.44. The second-order valence-corrected chi connectivity index (χ2v) is 10.7. The van der Waals surface area contributed by atoms with Crippen LogP contribution in [0.25, 0.3) is 0 Å². The van der Waals surface area contributed by atoms with E-state index in [4.69, 9.17) is 0 Å². The van der Waals surface area contributed by atoms with E-state index in [1.54, 1.807) is 23.1 Å². The van der Waals surface area contributed by atoms with E-state index in [1.165, 1.54) is 36.6 Å². The van der Waals surface area contributed by atoms with Crippen LogP contribution in [-0.4, -0.2) is 27.5 Å². The van der Waals surface area contributed by atoms with Crippen LogP contribution in [0.5, 0.6) is 5.75 Å². The van der Waals surface area contributed by atoms with Gasteiger partial charge in [-0.1, -0.05) is 69.1 Å². The molecule has 3 aromatic rings. The highest BCUT2D eigenvalue weighted by Gasteiger charge is 2.23. The van der Waals surface area contributed by atoms with Crippen LogP contribution in [0.4, 0.5) is 10.1 Å². The molecule has 0 amide bonds. The molecule has 1 saturated carbocycles. The fourth-order valence-electron chi connectivity index (χ4n) is 5.30. The van der Waals surface area contributed by atoms with Gasteiger partial charge in [-0.05, 0) is 79.6 Å². The number of phenols is 1. The number of hydrogen-bond donors (Lipinski definition) is 3. The van der Waals surface area contributed by atoms with Crippen LogP contribution in [-0.2, 0) is 13.0 Å². The maximum atomic E-state index is 15.3. The molecule has 0 spiro atoms. The summed E-state index contributed by atoms with van der Waals surface area (Å²) < 4.78 is 15.3. The van der Waals surface area contributed by atoms with Gasteiger partial charge in [0.1, 0.15) is 23.4 Å². The second kappa shape index (κ2) is 14.0. The number of anilines is 1. The molecule has 3 aromatic carbocycles. The molecule has 1 fully saturated rings. The SMILES string of the molecule is CCCCc1ccc(C#Cc2ccc(CN(c3ccc(O)c(C(=O)O)c3)C(O)CCC3CCCC3)c(F)c2)cc1. The molecule has 0 aromatic heterocycles. The largest absolute Gasteiger partial charge is 0.507 e. The fraction of sp³-hybridized carbons (Fsp3) is 0.382. The summed E-state index contributed by atoms with van der Waals surface area (Å²) in [6.45, 7) is 2.21. The van der Waals surface area contributed by atoms with E-state index in [2.05, 4.69) is 30.9 Å². The number of aliphatic hydroxyl groups is 1. The number of rotatable bonds is 11. The molecule has 1 unspecified atom stereocenters. The molecular formula is C34H38FNO4. The number of aryl methyl sites for hydroxylation is 1. The molecule has 4 rings (SSSR count). The number of aromatic hydroxyl groups is 1. The van der Waals surface area contributed by atoms with E-state index >= 15 is 4.39 Å². The molecular weight excluding hydrogens is 505 g/mol. The van der Waals surface area contributed by atoms with Crippen molar-refractivity contribution in [3.05, 3.63) is 94.3 Å². The first-order valence-electron chi connectivity index (χ1n) is 14.2. The van der Waals surface area contributed by atoms with Crippen LogP contribution in [0.1, 0.15) is 90.9 Å². The summed E-state index contributed by atoms with van der Waals surface area (Å²) in [6, 6.07) is 17.1. The predicted molar refractivity (Wildman–Crippen MR) is 156 cm³/mol. The lowest BCUT2D eigenvalue weighted by Crippen LogP contribution is -2.35. The third kappa shape index (κ3) is 7.86. The first kappa shape index (κ1) is 29.2. The Balaban J connectivity index is 1.52. The molecule has 5 nitrogen and oxygen atoms in total. The molecule has 0 aliphatic heterocycles. The minimum atomic E-state index is -1.27. The van der Waals surface area contributed by atoms with Gasteiger partial charge in [0.05, 0.1) is 0 Å². The molecule has 40 heavy (non-hydrogen) atoms. The topological polar surface area (TPSA) is 81.0 Å². The molecule has 1 aliphatic rings. The van der Waals surface area contributed by atoms with Gasteiger partial charge < -0.3 is 20.2 Å². The Morgan fingerprint density at radius 3 is 2.40 bits per heavy atom. The predicted octanol–water partition coefficient (Wildman–Crippen LogP) is 7.27. The third-order valence-electron chi connectivity index (χ3n) is 7.73. The average molecular weight is 544 g/mol. The van der Waals surface area contributed by atoms with Gasteiger partial charge >= 0.3 is 5.97 Å². The molecule has 6 heteroatoms. The molecule has 0 heterocycles. The van der Waals surface area contributed by atoms with Crippen LogP contribution in [0.3, 0.4) is 0 Å². The van der Waals surface area contributed by atoms with Gasteiger partial charge in [-0.3, -0.25) is 0 Å². The Hall–Kier alpha value is -3.82. The zero-order valence-corrected chi connectivity index (χ0v) is 23.1. The maximum absolute atomic E-state index is 15.3. The van der Waals surface area contributed by atoms with E-state index in [0.717, 1.165) is 44.1 Å². The van der Waals surface area contributed by atoms with Crippen LogP contribution < -0.4 is 4.90 Å². The van der Waals surface area contributed by atoms with Crippen LogP contribution in [0, 0.1) is 23.6 Å². The van der Waals surface area contributed by atoms with Crippen molar-refractivity contribution < 1.29 is 24.5 Å². The Morgan fingerprint density at radius 2 is 1.73 bits per heavy atom. The van der Waals surface area contributed by atoms with Crippen molar-refractivity contribution in [3.63, 3.8) is 0 Å². The highest BCUT2D eigenvalue weighted by atomic mass is 19.1. The van der Waals surface area contributed by atoms with Crippen molar-refractivity contribution >= 4 is 11.7 Å². The number of hydrogen-bond acceptors (Lipinski definition) is 4. The first-order valence-corrected chi connectivity index (χ1v) is 14.2. The molecule has 0 radical (unpaired) electrons. The number of unbranched alkanes of at least 4 members (excludes halogenated alkanes) is 1. The molecule has 0 saturated heterocycles. The van der Waals surface area contributed by atoms with E-state index < -0.39 is 18.0 Å². The number of carboxylic acid groups (broad SMARTS) is 1. The summed E-state index contributed by atoms with van der Waals surface area (Å²) in [5, 5.41) is 30.6. The molecule has 1 aliphatic carbocycles. The van der Waals surface area contributed by atoms with Crippen LogP contribution >= 0.6 is 0 Å². The van der Waals surface area contributed by atoms with E-state index in [1.807, 2.05) is 12.1 Å². The Bertz CT molecular complexity index is 1350. The Labute approximate surface area is 236 Å². The smallest absolute Gasteiger partial charge is 0.339 e. The summed E-state index contributed by atoms with van der Waals surface area (Å²) in [4.78, 5) is 13.2. The number of aromatic carboxylic acids is 1. The number of carboxylic acids is 1. The highest BCUT2D eigenvalue weighted by Crippen LogP contribution is 2.32. The van der Waals surface area contributed by atoms with Gasteiger partial charge in [0, 0.05) is 28.9 Å². The first-order chi connectivity index (χ1) is 19.3. The monoisotopic (exact) mass is 543 g/mol. The highest BCUT2D eigenvalue weighted by molar-refractivity contribution is 5.92. The summed E-state index contributed by atoms with van der Waals surface area (Å²) in [7, 11) is 0. The van der Waals surface area contributed by atoms with Crippen molar-refractivity contribution in [2.75, 3.05) is 4.90 Å². The van der Waals surface area contributed by atoms with E-state index in [-0.39, 0.29) is 17.9 Å². The summed E-state index contributed by atoms with van der Waals surface area (Å²) in [5.41, 5.74) is 3.18. The second-order valence-electron chi connectivity index (χ2n) is 10.7. The number of halogens is 1. The van der Waals surface area contributed by atoms with Gasteiger partial charge in [0.25, 0.3) is 0 Å². The van der Waals surface area contributed by atoms with Gasteiger partial charge in [-0.15, -0.1) is 0 Å². The Kier molecular flexibility index (Phi) is 10.2. The van der Waals surface area contributed by atoms with Crippen molar-refractivity contribution in [1.82, 2.24) is 0 Å². The average Bonchev–Trinajstić information content (AvgIpc) is 3.48. The quantitative estimate of drug-likeness (QED) is 0.175. The van der Waals surface area contributed by atoms with Gasteiger partial charge in [0.2, 0.25) is 0 Å². The number of benzene rings is 3. The lowest BCUT2D eigenvalue weighted by molar-refractivity contribution is 0.0693. The number of nitrogens with zero attached hydrogens (tertiary/aromatic N) is 1. The molecule has 3 N–H and O–H groups in total. The number of carbonyl (C=O) groups is 1. The van der Waals surface area contributed by atoms with Crippen molar-refractivity contribution in [2.45, 2.75) is 77.5 Å². The lowest BCUT2D eigenvalue weighted by Gasteiger charge is -2.31. The van der Waals surface area contributed by atoms with Gasteiger partial charge in [0.15, 0.2) is 0 Å². The normalized spacial score (nSPS) is 14.0. The maximum Gasteiger partial charge on any atom is 0.339 e. The lowest BCUT2D eigenvalue weighted by atomic mass is 10.0. The zero-order chi connectivity index (χ0) is 28.5. The minimum Gasteiger partial charge on any atom is -0.507 e. The van der Waals surface area contributed by atoms with E-state index in [9.17, 15) is 20.1 Å². The van der Waals surface area contributed by atoms with E-state index in [0.29, 0.717) is 29.2 Å². The van der Waals surface area contributed by atoms with Crippen molar-refractivity contribution in [2.24, 2.45) is 5.92 Å².